The molecule has 3 saturated heterocycles. The summed E-state index contributed by atoms with van der Waals surface area (Å²) in [5.41, 5.74) is 5.42. The summed E-state index contributed by atoms with van der Waals surface area (Å²) < 4.78 is 7.24. The number of benzene rings is 2. The molecule has 0 aliphatic carbocycles. The van der Waals surface area contributed by atoms with E-state index in [1.54, 1.807) is 7.11 Å². The van der Waals surface area contributed by atoms with Crippen LogP contribution in [0.4, 0.5) is 16.2 Å². The Morgan fingerprint density at radius 2 is 1.89 bits per heavy atom. The highest BCUT2D eigenvalue weighted by atomic mass is 16.5. The molecule has 0 radical (unpaired) electrons. The molecule has 0 spiro atoms. The predicted octanol–water partition coefficient (Wildman–Crippen LogP) is 4.16. The molecular weight excluding hydrogens is 452 g/mol. The molecule has 4 heterocycles. The van der Waals surface area contributed by atoms with Crippen LogP contribution in [0.15, 0.2) is 54.6 Å². The van der Waals surface area contributed by atoms with Crippen LogP contribution >= 0.6 is 0 Å². The minimum absolute atomic E-state index is 0.170. The van der Waals surface area contributed by atoms with Gasteiger partial charge in [-0.15, -0.1) is 0 Å². The summed E-state index contributed by atoms with van der Waals surface area (Å²) in [5.74, 6) is 1.84. The maximum absolute atomic E-state index is 12.5. The second-order valence-electron chi connectivity index (χ2n) is 10.1. The van der Waals surface area contributed by atoms with Crippen LogP contribution in [0, 0.1) is 5.92 Å². The van der Waals surface area contributed by atoms with Crippen molar-refractivity contribution in [3.8, 4) is 17.0 Å². The molecule has 3 aliphatic heterocycles. The fourth-order valence-electron chi connectivity index (χ4n) is 5.65. The Hall–Kier alpha value is -3.52. The molecule has 2 N–H and O–H groups in total. The first-order valence-electron chi connectivity index (χ1n) is 12.7. The van der Waals surface area contributed by atoms with Crippen LogP contribution < -0.4 is 20.3 Å². The number of amides is 2. The second-order valence-corrected chi connectivity index (χ2v) is 10.1. The second kappa shape index (κ2) is 10.2. The molecule has 2 bridgehead atoms. The van der Waals surface area contributed by atoms with Crippen molar-refractivity contribution in [2.75, 3.05) is 51.1 Å². The van der Waals surface area contributed by atoms with Crippen molar-refractivity contribution in [2.45, 2.75) is 24.8 Å². The summed E-state index contributed by atoms with van der Waals surface area (Å²) in [5, 5.41) is 10.8. The Bertz CT molecular complexity index is 1190. The molecular formula is C28H36N6O2. The van der Waals surface area contributed by atoms with Gasteiger partial charge < -0.3 is 20.3 Å². The van der Waals surface area contributed by atoms with Crippen molar-refractivity contribution in [3.05, 3.63) is 60.3 Å². The summed E-state index contributed by atoms with van der Waals surface area (Å²) in [6.07, 6.45) is 2.28. The zero-order chi connectivity index (χ0) is 25.2. The van der Waals surface area contributed by atoms with Crippen LogP contribution in [0.5, 0.6) is 5.75 Å². The molecule has 0 saturated carbocycles. The zero-order valence-corrected chi connectivity index (χ0v) is 21.6. The minimum atomic E-state index is -0.170. The molecule has 3 aromatic rings. The number of carbonyl (C=O) groups is 1. The highest BCUT2D eigenvalue weighted by molar-refractivity contribution is 5.89. The molecule has 8 nitrogen and oxygen atoms in total. The van der Waals surface area contributed by atoms with Gasteiger partial charge in [0.25, 0.3) is 0 Å². The number of methoxy groups -OCH3 is 1. The van der Waals surface area contributed by atoms with E-state index in [1.807, 2.05) is 24.3 Å². The van der Waals surface area contributed by atoms with Crippen molar-refractivity contribution in [1.82, 2.24) is 20.0 Å². The first kappa shape index (κ1) is 24.2. The minimum Gasteiger partial charge on any atom is -0.497 e. The summed E-state index contributed by atoms with van der Waals surface area (Å²) in [7, 11) is 7.80. The number of nitrogens with one attached hydrogen (secondary N) is 2. The number of aromatic nitrogens is 2. The third-order valence-electron chi connectivity index (χ3n) is 7.70. The molecule has 8 heteroatoms. The number of aryl methyl sites for hydroxylation is 1. The Morgan fingerprint density at radius 3 is 2.53 bits per heavy atom. The van der Waals surface area contributed by atoms with Crippen molar-refractivity contribution in [3.63, 3.8) is 0 Å². The number of carbonyl (C=O) groups excluding carboxylic acids is 1. The highest BCUT2D eigenvalue weighted by Gasteiger charge is 2.41. The summed E-state index contributed by atoms with van der Waals surface area (Å²) in [6, 6.07) is 18.4. The molecule has 36 heavy (non-hydrogen) atoms. The van der Waals surface area contributed by atoms with Gasteiger partial charge in [-0.05, 0) is 67.8 Å². The predicted molar refractivity (Wildman–Crippen MR) is 144 cm³/mol. The summed E-state index contributed by atoms with van der Waals surface area (Å²) in [4.78, 5) is 17.1. The Labute approximate surface area is 213 Å². The molecule has 6 rings (SSSR count). The fraction of sp³-hybridized carbons (Fsp3) is 0.429. The average Bonchev–Trinajstić information content (AvgIpc) is 3.29. The number of hydrogen-bond acceptors (Lipinski definition) is 5. The third-order valence-corrected chi connectivity index (χ3v) is 7.70. The number of anilines is 2. The lowest BCUT2D eigenvalue weighted by molar-refractivity contribution is 0.0296. The van der Waals surface area contributed by atoms with E-state index in [0.717, 1.165) is 42.2 Å². The molecule has 190 valence electrons. The zero-order valence-electron chi connectivity index (χ0n) is 21.6. The van der Waals surface area contributed by atoms with Gasteiger partial charge in [0.15, 0.2) is 0 Å². The van der Waals surface area contributed by atoms with E-state index in [4.69, 9.17) is 9.84 Å². The first-order valence-corrected chi connectivity index (χ1v) is 12.7. The van der Waals surface area contributed by atoms with Gasteiger partial charge in [0.05, 0.1) is 12.8 Å². The number of ether oxygens (including phenoxy) is 1. The first-order chi connectivity index (χ1) is 17.4. The van der Waals surface area contributed by atoms with E-state index >= 15 is 0 Å². The van der Waals surface area contributed by atoms with Crippen molar-refractivity contribution in [2.24, 2.45) is 13.0 Å². The van der Waals surface area contributed by atoms with Gasteiger partial charge in [-0.1, -0.05) is 12.1 Å². The lowest BCUT2D eigenvalue weighted by atomic mass is 9.74. The molecule has 4 unspecified atom stereocenters. The lowest BCUT2D eigenvalue weighted by Crippen LogP contribution is -2.56. The lowest BCUT2D eigenvalue weighted by Gasteiger charge is -2.49. The van der Waals surface area contributed by atoms with E-state index in [9.17, 15) is 4.79 Å². The van der Waals surface area contributed by atoms with Gasteiger partial charge in [-0.25, -0.2) is 4.79 Å². The standard InChI is InChI=1S/C28H36N6O2/c1-32(2)22-9-5-19(6-10-22)26-16-27(33(3)31-26)25-18-34-14-13-20(25)15-23(34)17-29-28(35)30-21-7-11-24(36-4)12-8-21/h5-12,16,20,23,25H,13-15,17-18H2,1-4H3,(H2,29,30,35). The van der Waals surface area contributed by atoms with Crippen LogP contribution in [-0.2, 0) is 7.05 Å². The van der Waals surface area contributed by atoms with Crippen LogP contribution in [0.2, 0.25) is 0 Å². The number of piperidine rings is 3. The van der Waals surface area contributed by atoms with E-state index in [2.05, 4.69) is 76.6 Å². The summed E-state index contributed by atoms with van der Waals surface area (Å²) in [6.45, 7) is 2.75. The van der Waals surface area contributed by atoms with E-state index in [1.165, 1.54) is 17.8 Å². The van der Waals surface area contributed by atoms with Gasteiger partial charge in [0.1, 0.15) is 5.75 Å². The number of rotatable bonds is 7. The van der Waals surface area contributed by atoms with Crippen LogP contribution in [-0.4, -0.2) is 67.6 Å². The van der Waals surface area contributed by atoms with Crippen molar-refractivity contribution >= 4 is 17.4 Å². The van der Waals surface area contributed by atoms with Gasteiger partial charge in [0.2, 0.25) is 0 Å². The Morgan fingerprint density at radius 1 is 1.14 bits per heavy atom. The van der Waals surface area contributed by atoms with Crippen LogP contribution in [0.3, 0.4) is 0 Å². The molecule has 1 aromatic heterocycles. The average molecular weight is 489 g/mol. The molecule has 2 amide bonds. The monoisotopic (exact) mass is 488 g/mol. The largest absolute Gasteiger partial charge is 0.497 e. The smallest absolute Gasteiger partial charge is 0.319 e. The third kappa shape index (κ3) is 5.04. The van der Waals surface area contributed by atoms with E-state index < -0.39 is 0 Å². The van der Waals surface area contributed by atoms with Crippen molar-refractivity contribution in [1.29, 1.82) is 0 Å². The van der Waals surface area contributed by atoms with Gasteiger partial charge >= 0.3 is 6.03 Å². The highest BCUT2D eigenvalue weighted by Crippen LogP contribution is 2.42. The Balaban J connectivity index is 1.19. The fourth-order valence-corrected chi connectivity index (χ4v) is 5.65. The van der Waals surface area contributed by atoms with Gasteiger partial charge in [0, 0.05) is 68.8 Å². The number of fused-ring (bicyclic) bond motifs is 3. The Kier molecular flexibility index (Phi) is 6.87. The topological polar surface area (TPSA) is 74.7 Å². The van der Waals surface area contributed by atoms with E-state index in [-0.39, 0.29) is 6.03 Å². The normalized spacial score (nSPS) is 22.8. The number of nitrogens with zero attached hydrogens (tertiary/aromatic N) is 4. The quantitative estimate of drug-likeness (QED) is 0.522. The van der Waals surface area contributed by atoms with Gasteiger partial charge in [-0.2, -0.15) is 5.10 Å². The molecule has 2 aromatic carbocycles. The van der Waals surface area contributed by atoms with Gasteiger partial charge in [-0.3, -0.25) is 9.58 Å². The van der Waals surface area contributed by atoms with Crippen LogP contribution in [0.25, 0.3) is 11.3 Å². The molecule has 3 aliphatic rings. The van der Waals surface area contributed by atoms with E-state index in [0.29, 0.717) is 24.4 Å². The number of hydrogen-bond donors (Lipinski definition) is 2. The maximum Gasteiger partial charge on any atom is 0.319 e. The van der Waals surface area contributed by atoms with Crippen LogP contribution in [0.1, 0.15) is 24.5 Å². The van der Waals surface area contributed by atoms with Crippen molar-refractivity contribution < 1.29 is 9.53 Å². The molecule has 3 fully saturated rings. The molecule has 4 atom stereocenters. The number of urea groups is 1. The maximum atomic E-state index is 12.5. The summed E-state index contributed by atoms with van der Waals surface area (Å²) >= 11 is 0. The SMILES string of the molecule is COc1ccc(NC(=O)NCC2CC3CCN2CC3c2cc(-c3ccc(N(C)C)cc3)nn2C)cc1.